The first-order valence-corrected chi connectivity index (χ1v) is 3.89. The van der Waals surface area contributed by atoms with Crippen LogP contribution in [-0.2, 0) is 4.74 Å². The molecule has 2 N–H and O–H groups in total. The fourth-order valence-corrected chi connectivity index (χ4v) is 1.39. The summed E-state index contributed by atoms with van der Waals surface area (Å²) in [6, 6.07) is 0. The van der Waals surface area contributed by atoms with E-state index < -0.39 is 0 Å². The third-order valence-corrected chi connectivity index (χ3v) is 2.32. The van der Waals surface area contributed by atoms with Crippen molar-refractivity contribution in [1.29, 1.82) is 0 Å². The molecule has 0 aliphatic carbocycles. The summed E-state index contributed by atoms with van der Waals surface area (Å²) in [6.45, 7) is 6.43. The van der Waals surface area contributed by atoms with Gasteiger partial charge in [-0.2, -0.15) is 7.05 Å². The van der Waals surface area contributed by atoms with Crippen molar-refractivity contribution in [2.75, 3.05) is 13.2 Å². The molecule has 1 fully saturated rings. The van der Waals surface area contributed by atoms with E-state index in [0.717, 1.165) is 13.2 Å². The van der Waals surface area contributed by atoms with Crippen LogP contribution in [0.2, 0.25) is 0 Å². The van der Waals surface area contributed by atoms with Crippen LogP contribution in [0.3, 0.4) is 0 Å². The number of hydrogen-bond acceptors (Lipinski definition) is 1. The standard InChI is InChI=1S/C8H17NO/c1-8(2)4-5-10-7(8)6-9-3/h7H,3-6,9H2,1-2H3. The van der Waals surface area contributed by atoms with Gasteiger partial charge in [-0.25, -0.2) is 0 Å². The van der Waals surface area contributed by atoms with Gasteiger partial charge in [0.15, 0.2) is 0 Å². The van der Waals surface area contributed by atoms with Crippen LogP contribution in [0.4, 0.5) is 0 Å². The van der Waals surface area contributed by atoms with E-state index in [1.807, 2.05) is 5.32 Å². The SMILES string of the molecule is [CH2-][NH2+]CC1OCCC1(C)C. The van der Waals surface area contributed by atoms with Gasteiger partial charge in [0.1, 0.15) is 6.10 Å². The highest BCUT2D eigenvalue weighted by Crippen LogP contribution is 2.32. The van der Waals surface area contributed by atoms with Crippen LogP contribution in [0.25, 0.3) is 0 Å². The number of nitrogens with two attached hydrogens (primary N) is 1. The van der Waals surface area contributed by atoms with Crippen LogP contribution in [0.1, 0.15) is 20.3 Å². The molecule has 0 radical (unpaired) electrons. The molecule has 1 heterocycles. The molecule has 2 heteroatoms. The van der Waals surface area contributed by atoms with Crippen molar-refractivity contribution >= 4 is 0 Å². The Morgan fingerprint density at radius 1 is 1.70 bits per heavy atom. The minimum Gasteiger partial charge on any atom is -0.477 e. The summed E-state index contributed by atoms with van der Waals surface area (Å²) in [5, 5.41) is 1.94. The van der Waals surface area contributed by atoms with Crippen LogP contribution < -0.4 is 5.32 Å². The average Bonchev–Trinajstić information content (AvgIpc) is 2.13. The number of hydrogen-bond donors (Lipinski definition) is 1. The summed E-state index contributed by atoms with van der Waals surface area (Å²) in [7, 11) is 3.71. The third kappa shape index (κ3) is 1.50. The van der Waals surface area contributed by atoms with E-state index in [2.05, 4.69) is 20.9 Å². The Bertz CT molecular complexity index is 112. The summed E-state index contributed by atoms with van der Waals surface area (Å²) in [6.07, 6.45) is 1.59. The molecule has 10 heavy (non-hydrogen) atoms. The molecule has 0 aromatic carbocycles. The molecule has 2 nitrogen and oxygen atoms in total. The molecule has 0 saturated carbocycles. The van der Waals surface area contributed by atoms with Crippen molar-refractivity contribution in [2.24, 2.45) is 5.41 Å². The lowest BCUT2D eigenvalue weighted by molar-refractivity contribution is -0.604. The molecule has 0 aromatic rings. The topological polar surface area (TPSA) is 25.8 Å². The smallest absolute Gasteiger partial charge is 0.109 e. The van der Waals surface area contributed by atoms with Crippen molar-refractivity contribution in [3.8, 4) is 0 Å². The molecule has 1 saturated heterocycles. The van der Waals surface area contributed by atoms with Gasteiger partial charge < -0.3 is 10.1 Å². The zero-order valence-corrected chi connectivity index (χ0v) is 6.89. The number of rotatable bonds is 2. The minimum atomic E-state index is 0.369. The van der Waals surface area contributed by atoms with Gasteiger partial charge in [-0.05, 0) is 11.8 Å². The lowest BCUT2D eigenvalue weighted by Crippen LogP contribution is -2.80. The predicted octanol–water partition coefficient (Wildman–Crippen LogP) is 0.156. The van der Waals surface area contributed by atoms with Gasteiger partial charge in [0.2, 0.25) is 0 Å². The molecule has 1 rings (SSSR count). The summed E-state index contributed by atoms with van der Waals surface area (Å²) in [5.74, 6) is 0. The van der Waals surface area contributed by atoms with Gasteiger partial charge in [-0.1, -0.05) is 13.8 Å². The monoisotopic (exact) mass is 143 g/mol. The molecule has 0 bridgehead atoms. The fourth-order valence-electron chi connectivity index (χ4n) is 1.39. The van der Waals surface area contributed by atoms with Gasteiger partial charge in [-0.15, -0.1) is 0 Å². The molecule has 0 aromatic heterocycles. The van der Waals surface area contributed by atoms with E-state index >= 15 is 0 Å². The van der Waals surface area contributed by atoms with E-state index in [1.54, 1.807) is 0 Å². The summed E-state index contributed by atoms with van der Waals surface area (Å²) < 4.78 is 5.54. The van der Waals surface area contributed by atoms with E-state index in [9.17, 15) is 0 Å². The molecule has 1 atom stereocenters. The number of quaternary nitrogens is 1. The maximum atomic E-state index is 5.54. The highest BCUT2D eigenvalue weighted by Gasteiger charge is 2.35. The Morgan fingerprint density at radius 3 is 2.80 bits per heavy atom. The Hall–Kier alpha value is -0.0800. The maximum absolute atomic E-state index is 5.54. The number of ether oxygens (including phenoxy) is 1. The summed E-state index contributed by atoms with van der Waals surface area (Å²) >= 11 is 0. The second-order valence-electron chi connectivity index (χ2n) is 3.62. The first-order valence-electron chi connectivity index (χ1n) is 3.89. The van der Waals surface area contributed by atoms with Gasteiger partial charge in [-0.3, -0.25) is 0 Å². The predicted molar refractivity (Wildman–Crippen MR) is 40.3 cm³/mol. The largest absolute Gasteiger partial charge is 0.477 e. The molecule has 1 aliphatic rings. The Balaban J connectivity index is 2.43. The first-order chi connectivity index (χ1) is 4.67. The van der Waals surface area contributed by atoms with E-state index in [4.69, 9.17) is 4.74 Å². The van der Waals surface area contributed by atoms with E-state index in [1.165, 1.54) is 6.42 Å². The molecular formula is C8H17NO. The Morgan fingerprint density at radius 2 is 2.40 bits per heavy atom. The average molecular weight is 143 g/mol. The lowest BCUT2D eigenvalue weighted by Gasteiger charge is -2.23. The van der Waals surface area contributed by atoms with Gasteiger partial charge in [0, 0.05) is 6.61 Å². The van der Waals surface area contributed by atoms with Crippen LogP contribution in [-0.4, -0.2) is 19.3 Å². The summed E-state index contributed by atoms with van der Waals surface area (Å²) in [4.78, 5) is 0. The zero-order chi connectivity index (χ0) is 7.61. The Labute approximate surface area is 63.0 Å². The molecule has 0 amide bonds. The van der Waals surface area contributed by atoms with E-state index in [0.29, 0.717) is 11.5 Å². The highest BCUT2D eigenvalue weighted by molar-refractivity contribution is 4.83. The lowest BCUT2D eigenvalue weighted by atomic mass is 9.86. The molecular weight excluding hydrogens is 126 g/mol. The third-order valence-electron chi connectivity index (χ3n) is 2.32. The molecule has 0 spiro atoms. The van der Waals surface area contributed by atoms with Crippen molar-refractivity contribution in [3.63, 3.8) is 0 Å². The van der Waals surface area contributed by atoms with Crippen LogP contribution in [0.5, 0.6) is 0 Å². The van der Waals surface area contributed by atoms with Crippen molar-refractivity contribution in [3.05, 3.63) is 7.05 Å². The molecule has 1 unspecified atom stereocenters. The van der Waals surface area contributed by atoms with E-state index in [-0.39, 0.29) is 0 Å². The van der Waals surface area contributed by atoms with Crippen molar-refractivity contribution in [2.45, 2.75) is 26.4 Å². The second kappa shape index (κ2) is 2.89. The van der Waals surface area contributed by atoms with Crippen molar-refractivity contribution in [1.82, 2.24) is 0 Å². The fraction of sp³-hybridized carbons (Fsp3) is 0.875. The maximum Gasteiger partial charge on any atom is 0.109 e. The van der Waals surface area contributed by atoms with Gasteiger partial charge in [0.05, 0.1) is 6.54 Å². The zero-order valence-electron chi connectivity index (χ0n) is 6.89. The first kappa shape index (κ1) is 8.02. The minimum absolute atomic E-state index is 0.369. The summed E-state index contributed by atoms with van der Waals surface area (Å²) in [5.41, 5.74) is 0.369. The quantitative estimate of drug-likeness (QED) is 0.547. The normalized spacial score (nSPS) is 30.9. The molecule has 1 aliphatic heterocycles. The van der Waals surface area contributed by atoms with Crippen LogP contribution in [0, 0.1) is 12.5 Å². The highest BCUT2D eigenvalue weighted by atomic mass is 16.5. The van der Waals surface area contributed by atoms with Crippen molar-refractivity contribution < 1.29 is 10.1 Å². The van der Waals surface area contributed by atoms with Crippen LogP contribution >= 0.6 is 0 Å². The van der Waals surface area contributed by atoms with Crippen LogP contribution in [0.15, 0.2) is 0 Å². The molecule has 60 valence electrons. The second-order valence-corrected chi connectivity index (χ2v) is 3.62. The van der Waals surface area contributed by atoms with Gasteiger partial charge in [0.25, 0.3) is 0 Å². The van der Waals surface area contributed by atoms with Gasteiger partial charge >= 0.3 is 0 Å². The Kier molecular flexibility index (Phi) is 2.32.